The second-order valence-corrected chi connectivity index (χ2v) is 4.53. The second-order valence-electron chi connectivity index (χ2n) is 3.60. The summed E-state index contributed by atoms with van der Waals surface area (Å²) < 4.78 is 1.61. The molecule has 0 aromatic carbocycles. The van der Waals surface area contributed by atoms with Gasteiger partial charge < -0.3 is 9.88 Å². The molecular weight excluding hydrogens is 236 g/mol. The molecule has 17 heavy (non-hydrogen) atoms. The van der Waals surface area contributed by atoms with Crippen molar-refractivity contribution in [1.29, 1.82) is 0 Å². The molecule has 1 atom stereocenters. The average Bonchev–Trinajstić information content (AvgIpc) is 2.85. The summed E-state index contributed by atoms with van der Waals surface area (Å²) in [6, 6.07) is -0.0112. The van der Waals surface area contributed by atoms with Gasteiger partial charge in [-0.1, -0.05) is 0 Å². The first-order valence-electron chi connectivity index (χ1n) is 5.43. The van der Waals surface area contributed by atoms with Crippen molar-refractivity contribution in [3.05, 3.63) is 39.3 Å². The third kappa shape index (κ3) is 2.52. The lowest BCUT2D eigenvalue weighted by Gasteiger charge is -2.12. The van der Waals surface area contributed by atoms with Crippen molar-refractivity contribution in [3.63, 3.8) is 0 Å². The largest absolute Gasteiger partial charge is 0.357 e. The van der Waals surface area contributed by atoms with E-state index in [1.54, 1.807) is 34.5 Å². The van der Waals surface area contributed by atoms with Gasteiger partial charge in [0.05, 0.1) is 6.04 Å². The van der Waals surface area contributed by atoms with E-state index in [1.807, 2.05) is 19.2 Å². The zero-order chi connectivity index (χ0) is 12.3. The van der Waals surface area contributed by atoms with Gasteiger partial charge in [0.2, 0.25) is 0 Å². The Morgan fingerprint density at radius 3 is 2.94 bits per heavy atom. The summed E-state index contributed by atoms with van der Waals surface area (Å²) in [6.45, 7) is 4.53. The molecule has 1 N–H and O–H groups in total. The minimum absolute atomic E-state index is 0.0112. The summed E-state index contributed by atoms with van der Waals surface area (Å²) in [5.41, 5.74) is -0.0987. The van der Waals surface area contributed by atoms with Gasteiger partial charge in [-0.2, -0.15) is 0 Å². The monoisotopic (exact) mass is 250 g/mol. The summed E-state index contributed by atoms with van der Waals surface area (Å²) in [6.07, 6.45) is 5.06. The van der Waals surface area contributed by atoms with Crippen molar-refractivity contribution in [1.82, 2.24) is 14.5 Å². The molecule has 0 saturated heterocycles. The Labute approximate surface area is 103 Å². The predicted octanol–water partition coefficient (Wildman–Crippen LogP) is 1.89. The van der Waals surface area contributed by atoms with E-state index in [9.17, 15) is 4.79 Å². The van der Waals surface area contributed by atoms with E-state index in [0.29, 0.717) is 12.4 Å². The van der Waals surface area contributed by atoms with Gasteiger partial charge in [0.25, 0.3) is 5.56 Å². The molecule has 2 aromatic rings. The van der Waals surface area contributed by atoms with Crippen LogP contribution in [-0.2, 0) is 6.54 Å². The Morgan fingerprint density at radius 2 is 2.29 bits per heavy atom. The predicted molar refractivity (Wildman–Crippen MR) is 68.3 cm³/mol. The van der Waals surface area contributed by atoms with Crippen LogP contribution in [0.2, 0.25) is 0 Å². The first kappa shape index (κ1) is 11.8. The highest BCUT2D eigenvalue weighted by Crippen LogP contribution is 2.17. The maximum Gasteiger partial charge on any atom is 0.293 e. The van der Waals surface area contributed by atoms with Gasteiger partial charge >= 0.3 is 0 Å². The molecule has 0 radical (unpaired) electrons. The summed E-state index contributed by atoms with van der Waals surface area (Å²) in [4.78, 5) is 20.2. The molecule has 90 valence electrons. The lowest BCUT2D eigenvalue weighted by molar-refractivity contribution is 0.714. The second kappa shape index (κ2) is 5.09. The van der Waals surface area contributed by atoms with E-state index in [0.717, 1.165) is 5.01 Å². The molecule has 2 rings (SSSR count). The topological polar surface area (TPSA) is 59.8 Å². The number of nitrogens with one attached hydrogen (secondary N) is 1. The van der Waals surface area contributed by atoms with Gasteiger partial charge in [0.15, 0.2) is 5.82 Å². The van der Waals surface area contributed by atoms with E-state index in [4.69, 9.17) is 0 Å². The van der Waals surface area contributed by atoms with Crippen molar-refractivity contribution in [2.75, 3.05) is 5.32 Å². The summed E-state index contributed by atoms with van der Waals surface area (Å²) in [5.74, 6) is 0.372. The van der Waals surface area contributed by atoms with Crippen LogP contribution in [0.15, 0.2) is 28.8 Å². The van der Waals surface area contributed by atoms with Gasteiger partial charge in [0, 0.05) is 30.5 Å². The van der Waals surface area contributed by atoms with Crippen molar-refractivity contribution in [3.8, 4) is 0 Å². The Balaban J connectivity index is 2.22. The Kier molecular flexibility index (Phi) is 3.53. The molecule has 2 aromatic heterocycles. The minimum Gasteiger partial charge on any atom is -0.357 e. The van der Waals surface area contributed by atoms with Crippen molar-refractivity contribution >= 4 is 17.2 Å². The molecule has 0 spiro atoms. The number of anilines is 1. The molecule has 0 aliphatic rings. The fourth-order valence-electron chi connectivity index (χ4n) is 1.51. The van der Waals surface area contributed by atoms with Crippen LogP contribution in [0.3, 0.4) is 0 Å². The SMILES string of the molecule is CCn1ccnc(NC(C)c2nccs2)c1=O. The molecular formula is C11H14N4OS. The van der Waals surface area contributed by atoms with Crippen LogP contribution in [0.1, 0.15) is 24.9 Å². The Morgan fingerprint density at radius 1 is 1.47 bits per heavy atom. The zero-order valence-electron chi connectivity index (χ0n) is 9.75. The number of hydrogen-bond donors (Lipinski definition) is 1. The molecule has 0 aliphatic heterocycles. The van der Waals surface area contributed by atoms with Crippen molar-refractivity contribution < 1.29 is 0 Å². The van der Waals surface area contributed by atoms with Crippen LogP contribution in [-0.4, -0.2) is 14.5 Å². The van der Waals surface area contributed by atoms with Crippen LogP contribution in [0, 0.1) is 0 Å². The third-order valence-electron chi connectivity index (χ3n) is 2.43. The molecule has 0 amide bonds. The smallest absolute Gasteiger partial charge is 0.293 e. The van der Waals surface area contributed by atoms with E-state index in [2.05, 4.69) is 15.3 Å². The number of aryl methyl sites for hydroxylation is 1. The Hall–Kier alpha value is -1.69. The van der Waals surface area contributed by atoms with Crippen LogP contribution < -0.4 is 10.9 Å². The first-order chi connectivity index (χ1) is 8.22. The lowest BCUT2D eigenvalue weighted by atomic mass is 10.3. The van der Waals surface area contributed by atoms with Crippen LogP contribution >= 0.6 is 11.3 Å². The normalized spacial score (nSPS) is 12.4. The minimum atomic E-state index is -0.0987. The highest BCUT2D eigenvalue weighted by molar-refractivity contribution is 7.09. The number of hydrogen-bond acceptors (Lipinski definition) is 5. The number of thiazole rings is 1. The van der Waals surface area contributed by atoms with Crippen molar-refractivity contribution in [2.24, 2.45) is 0 Å². The number of rotatable bonds is 4. The summed E-state index contributed by atoms with van der Waals surface area (Å²) in [7, 11) is 0. The highest BCUT2D eigenvalue weighted by Gasteiger charge is 2.11. The lowest BCUT2D eigenvalue weighted by Crippen LogP contribution is -2.24. The maximum absolute atomic E-state index is 11.9. The quantitative estimate of drug-likeness (QED) is 0.900. The zero-order valence-corrected chi connectivity index (χ0v) is 10.6. The maximum atomic E-state index is 11.9. The third-order valence-corrected chi connectivity index (χ3v) is 3.39. The average molecular weight is 250 g/mol. The fourth-order valence-corrected chi connectivity index (χ4v) is 2.16. The summed E-state index contributed by atoms with van der Waals surface area (Å²) in [5, 5.41) is 5.95. The van der Waals surface area contributed by atoms with Crippen LogP contribution in [0.4, 0.5) is 5.82 Å². The van der Waals surface area contributed by atoms with Gasteiger partial charge in [-0.15, -0.1) is 11.3 Å². The van der Waals surface area contributed by atoms with Gasteiger partial charge in [0.1, 0.15) is 5.01 Å². The molecule has 2 heterocycles. The van der Waals surface area contributed by atoms with Gasteiger partial charge in [-0.3, -0.25) is 4.79 Å². The fraction of sp³-hybridized carbons (Fsp3) is 0.364. The standard InChI is InChI=1S/C11H14N4OS/c1-3-15-6-4-12-9(11(15)16)14-8(2)10-13-5-7-17-10/h4-8H,3H2,1-2H3,(H,12,14). The number of nitrogens with zero attached hydrogens (tertiary/aromatic N) is 3. The molecule has 0 fully saturated rings. The first-order valence-corrected chi connectivity index (χ1v) is 6.31. The van der Waals surface area contributed by atoms with Crippen LogP contribution in [0.5, 0.6) is 0 Å². The molecule has 0 bridgehead atoms. The van der Waals surface area contributed by atoms with Gasteiger partial charge in [-0.25, -0.2) is 9.97 Å². The number of aromatic nitrogens is 3. The molecule has 0 saturated carbocycles. The van der Waals surface area contributed by atoms with Crippen molar-refractivity contribution in [2.45, 2.75) is 26.4 Å². The molecule has 5 nitrogen and oxygen atoms in total. The van der Waals surface area contributed by atoms with E-state index in [-0.39, 0.29) is 11.6 Å². The Bertz CT molecular complexity index is 535. The summed E-state index contributed by atoms with van der Waals surface area (Å²) >= 11 is 1.56. The highest BCUT2D eigenvalue weighted by atomic mass is 32.1. The van der Waals surface area contributed by atoms with Crippen LogP contribution in [0.25, 0.3) is 0 Å². The van der Waals surface area contributed by atoms with Gasteiger partial charge in [-0.05, 0) is 13.8 Å². The van der Waals surface area contributed by atoms with E-state index < -0.39 is 0 Å². The molecule has 1 unspecified atom stereocenters. The molecule has 6 heteroatoms. The molecule has 0 aliphatic carbocycles. The van der Waals surface area contributed by atoms with E-state index >= 15 is 0 Å². The van der Waals surface area contributed by atoms with E-state index in [1.165, 1.54) is 0 Å².